The Balaban J connectivity index is 1.62. The van der Waals surface area contributed by atoms with E-state index in [2.05, 4.69) is 33.8 Å². The summed E-state index contributed by atoms with van der Waals surface area (Å²) in [5, 5.41) is 9.58. The number of thioether (sulfide) groups is 1. The monoisotopic (exact) mass is 412 g/mol. The van der Waals surface area contributed by atoms with Crippen LogP contribution < -0.4 is 0 Å². The number of benzene rings is 1. The lowest BCUT2D eigenvalue weighted by Gasteiger charge is -2.26. The molecule has 0 unspecified atom stereocenters. The summed E-state index contributed by atoms with van der Waals surface area (Å²) < 4.78 is 12.9. The summed E-state index contributed by atoms with van der Waals surface area (Å²) >= 11 is 1.42. The van der Waals surface area contributed by atoms with Gasteiger partial charge in [-0.15, -0.1) is 10.2 Å². The molecule has 0 radical (unpaired) electrons. The molecular weight excluding hydrogens is 388 g/mol. The topological polar surface area (TPSA) is 73.4 Å². The van der Waals surface area contributed by atoms with Crippen LogP contribution in [0.25, 0.3) is 11.4 Å². The molecule has 2 aromatic heterocycles. The van der Waals surface area contributed by atoms with E-state index in [0.717, 1.165) is 27.9 Å². The fourth-order valence-electron chi connectivity index (χ4n) is 3.44. The summed E-state index contributed by atoms with van der Waals surface area (Å²) in [6.45, 7) is 6.52. The summed E-state index contributed by atoms with van der Waals surface area (Å²) in [4.78, 5) is 14.4. The Morgan fingerprint density at radius 1 is 1.17 bits per heavy atom. The number of aryl methyl sites for hydroxylation is 1. The number of morpholine rings is 1. The van der Waals surface area contributed by atoms with Crippen molar-refractivity contribution in [3.63, 3.8) is 0 Å². The van der Waals surface area contributed by atoms with Crippen molar-refractivity contribution in [2.75, 3.05) is 32.1 Å². The van der Waals surface area contributed by atoms with Gasteiger partial charge in [0.15, 0.2) is 11.0 Å². The van der Waals surface area contributed by atoms with Gasteiger partial charge in [-0.25, -0.2) is 0 Å². The molecule has 3 aromatic rings. The molecule has 4 rings (SSSR count). The quantitative estimate of drug-likeness (QED) is 0.578. The second-order valence-electron chi connectivity index (χ2n) is 6.94. The van der Waals surface area contributed by atoms with E-state index in [1.54, 1.807) is 6.26 Å². The zero-order valence-corrected chi connectivity index (χ0v) is 17.4. The molecule has 1 atom stereocenters. The van der Waals surface area contributed by atoms with Gasteiger partial charge >= 0.3 is 0 Å². The molecule has 1 fully saturated rings. The molecule has 0 spiro atoms. The van der Waals surface area contributed by atoms with Gasteiger partial charge < -0.3 is 14.1 Å². The Bertz CT molecular complexity index is 963. The fourth-order valence-corrected chi connectivity index (χ4v) is 4.35. The number of carbonyl (C=O) groups excluding carboxylic acids is 1. The van der Waals surface area contributed by atoms with Gasteiger partial charge in [0.25, 0.3) is 0 Å². The van der Waals surface area contributed by atoms with Gasteiger partial charge in [0, 0.05) is 13.1 Å². The predicted octanol–water partition coefficient (Wildman–Crippen LogP) is 3.41. The minimum absolute atomic E-state index is 0.0106. The predicted molar refractivity (Wildman–Crippen MR) is 111 cm³/mol. The lowest BCUT2D eigenvalue weighted by molar-refractivity contribution is -0.132. The Morgan fingerprint density at radius 2 is 1.93 bits per heavy atom. The Morgan fingerprint density at radius 3 is 2.62 bits per heavy atom. The maximum Gasteiger partial charge on any atom is 0.233 e. The van der Waals surface area contributed by atoms with Crippen LogP contribution in [0.1, 0.15) is 24.3 Å². The van der Waals surface area contributed by atoms with E-state index >= 15 is 0 Å². The van der Waals surface area contributed by atoms with Gasteiger partial charge in [0.2, 0.25) is 5.91 Å². The van der Waals surface area contributed by atoms with E-state index < -0.39 is 0 Å². The fraction of sp³-hybridized carbons (Fsp3) is 0.381. The molecule has 1 aliphatic rings. The number of nitrogens with zero attached hydrogens (tertiary/aromatic N) is 4. The molecule has 1 aliphatic heterocycles. The van der Waals surface area contributed by atoms with Crippen LogP contribution in [0, 0.1) is 6.92 Å². The smallest absolute Gasteiger partial charge is 0.233 e. The van der Waals surface area contributed by atoms with E-state index in [-0.39, 0.29) is 11.9 Å². The largest absolute Gasteiger partial charge is 0.469 e. The number of furan rings is 1. The molecule has 0 bridgehead atoms. The molecule has 1 amide bonds. The minimum Gasteiger partial charge on any atom is -0.469 e. The van der Waals surface area contributed by atoms with Gasteiger partial charge in [0.1, 0.15) is 5.76 Å². The number of hydrogen-bond acceptors (Lipinski definition) is 6. The van der Waals surface area contributed by atoms with Crippen molar-refractivity contribution >= 4 is 17.7 Å². The van der Waals surface area contributed by atoms with Crippen LogP contribution in [-0.2, 0) is 9.53 Å². The van der Waals surface area contributed by atoms with E-state index in [4.69, 9.17) is 9.15 Å². The van der Waals surface area contributed by atoms with Crippen molar-refractivity contribution in [1.82, 2.24) is 19.7 Å². The molecule has 7 nitrogen and oxygen atoms in total. The number of ether oxygens (including phenoxy) is 1. The molecule has 1 saturated heterocycles. The summed E-state index contributed by atoms with van der Waals surface area (Å²) in [6, 6.07) is 12.1. The third-order valence-electron chi connectivity index (χ3n) is 5.12. The van der Waals surface area contributed by atoms with E-state index in [0.29, 0.717) is 32.1 Å². The average Bonchev–Trinajstić information content (AvgIpc) is 3.38. The number of hydrogen-bond donors (Lipinski definition) is 0. The van der Waals surface area contributed by atoms with Crippen molar-refractivity contribution in [2.45, 2.75) is 25.0 Å². The third-order valence-corrected chi connectivity index (χ3v) is 6.05. The third kappa shape index (κ3) is 4.23. The first-order valence-electron chi connectivity index (χ1n) is 9.68. The number of aromatic nitrogens is 3. The Hall–Kier alpha value is -2.58. The number of rotatable bonds is 6. The van der Waals surface area contributed by atoms with Gasteiger partial charge in [-0.1, -0.05) is 42.1 Å². The lowest BCUT2D eigenvalue weighted by atomic mass is 10.1. The molecule has 0 aliphatic carbocycles. The molecule has 0 N–H and O–H groups in total. The first-order chi connectivity index (χ1) is 14.1. The maximum atomic E-state index is 12.6. The zero-order valence-electron chi connectivity index (χ0n) is 16.6. The normalized spacial score (nSPS) is 15.4. The first kappa shape index (κ1) is 19.7. The average molecular weight is 413 g/mol. The SMILES string of the molecule is Cc1occc1-c1nnc(SCC(=O)N2CCOCC2)n1[C@H](C)c1ccccc1. The van der Waals surface area contributed by atoms with Gasteiger partial charge in [-0.2, -0.15) is 0 Å². The molecule has 29 heavy (non-hydrogen) atoms. The van der Waals surface area contributed by atoms with Crippen LogP contribution in [0.15, 0.2) is 52.2 Å². The molecule has 3 heterocycles. The van der Waals surface area contributed by atoms with Crippen molar-refractivity contribution in [2.24, 2.45) is 0 Å². The van der Waals surface area contributed by atoms with Crippen molar-refractivity contribution in [3.8, 4) is 11.4 Å². The highest BCUT2D eigenvalue weighted by molar-refractivity contribution is 7.99. The van der Waals surface area contributed by atoms with Crippen LogP contribution in [0.4, 0.5) is 0 Å². The maximum absolute atomic E-state index is 12.6. The van der Waals surface area contributed by atoms with Crippen molar-refractivity contribution in [1.29, 1.82) is 0 Å². The molecule has 1 aromatic carbocycles. The van der Waals surface area contributed by atoms with E-state index in [9.17, 15) is 4.79 Å². The first-order valence-corrected chi connectivity index (χ1v) is 10.7. The van der Waals surface area contributed by atoms with E-state index in [1.807, 2.05) is 36.1 Å². The lowest BCUT2D eigenvalue weighted by Crippen LogP contribution is -2.41. The minimum atomic E-state index is 0.0106. The van der Waals surface area contributed by atoms with Gasteiger partial charge in [0.05, 0.1) is 36.8 Å². The number of amides is 1. The Labute approximate surface area is 174 Å². The van der Waals surface area contributed by atoms with Crippen molar-refractivity contribution < 1.29 is 13.9 Å². The zero-order chi connectivity index (χ0) is 20.2. The second kappa shape index (κ2) is 8.84. The summed E-state index contributed by atoms with van der Waals surface area (Å²) in [7, 11) is 0. The summed E-state index contributed by atoms with van der Waals surface area (Å²) in [6.07, 6.45) is 1.66. The number of carbonyl (C=O) groups is 1. The van der Waals surface area contributed by atoms with Crippen LogP contribution in [0.5, 0.6) is 0 Å². The van der Waals surface area contributed by atoms with Crippen LogP contribution >= 0.6 is 11.8 Å². The second-order valence-corrected chi connectivity index (χ2v) is 7.88. The molecule has 0 saturated carbocycles. The van der Waals surface area contributed by atoms with Gasteiger partial charge in [-0.05, 0) is 25.5 Å². The van der Waals surface area contributed by atoms with Crippen LogP contribution in [-0.4, -0.2) is 57.6 Å². The van der Waals surface area contributed by atoms with Crippen LogP contribution in [0.3, 0.4) is 0 Å². The standard InChI is InChI=1S/C21H24N4O3S/c1-15(17-6-4-3-5-7-17)25-20(18-8-11-28-16(18)2)22-23-21(25)29-14-19(26)24-9-12-27-13-10-24/h3-8,11,15H,9-10,12-14H2,1-2H3/t15-/m1/s1. The Kier molecular flexibility index (Phi) is 6.01. The van der Waals surface area contributed by atoms with Gasteiger partial charge in [-0.3, -0.25) is 9.36 Å². The molecule has 8 heteroatoms. The highest BCUT2D eigenvalue weighted by atomic mass is 32.2. The molecule has 152 valence electrons. The van der Waals surface area contributed by atoms with Crippen LogP contribution in [0.2, 0.25) is 0 Å². The highest BCUT2D eigenvalue weighted by Crippen LogP contribution is 2.32. The molecular formula is C21H24N4O3S. The van der Waals surface area contributed by atoms with E-state index in [1.165, 1.54) is 11.8 Å². The summed E-state index contributed by atoms with van der Waals surface area (Å²) in [5.74, 6) is 1.96. The highest BCUT2D eigenvalue weighted by Gasteiger charge is 2.24. The summed E-state index contributed by atoms with van der Waals surface area (Å²) in [5.41, 5.74) is 2.06. The van der Waals surface area contributed by atoms with Crippen molar-refractivity contribution in [3.05, 3.63) is 54.0 Å².